The first-order valence-electron chi connectivity index (χ1n) is 5.64. The Labute approximate surface area is 94.6 Å². The topological polar surface area (TPSA) is 63.1 Å². The number of hydrogen-bond donors (Lipinski definition) is 1. The molecule has 0 aromatic carbocycles. The molecule has 6 nitrogen and oxygen atoms in total. The maximum absolute atomic E-state index is 12.1. The molecule has 1 aromatic heterocycles. The van der Waals surface area contributed by atoms with E-state index in [4.69, 9.17) is 0 Å². The molecule has 6 heteroatoms. The number of aryl methyl sites for hydroxylation is 1. The van der Waals surface area contributed by atoms with Gasteiger partial charge < -0.3 is 10.2 Å². The average molecular weight is 223 g/mol. The zero-order valence-electron chi connectivity index (χ0n) is 9.73. The zero-order chi connectivity index (χ0) is 11.5. The van der Waals surface area contributed by atoms with Gasteiger partial charge in [-0.25, -0.2) is 4.68 Å². The van der Waals surface area contributed by atoms with Gasteiger partial charge in [0.2, 0.25) is 0 Å². The highest BCUT2D eigenvalue weighted by atomic mass is 16.2. The van der Waals surface area contributed by atoms with Gasteiger partial charge in [0.25, 0.3) is 5.91 Å². The number of rotatable bonds is 2. The summed E-state index contributed by atoms with van der Waals surface area (Å²) in [6, 6.07) is 0. The van der Waals surface area contributed by atoms with E-state index >= 15 is 0 Å². The minimum Gasteiger partial charge on any atom is -0.335 e. The lowest BCUT2D eigenvalue weighted by molar-refractivity contribution is 0.0729. The average Bonchev–Trinajstić information content (AvgIpc) is 2.70. The second-order valence-electron chi connectivity index (χ2n) is 3.88. The van der Waals surface area contributed by atoms with E-state index < -0.39 is 0 Å². The van der Waals surface area contributed by atoms with Crippen LogP contribution in [0.1, 0.15) is 23.1 Å². The first kappa shape index (κ1) is 11.1. The summed E-state index contributed by atoms with van der Waals surface area (Å²) in [5.41, 5.74) is 1.34. The van der Waals surface area contributed by atoms with Crippen LogP contribution in [0.25, 0.3) is 0 Å². The summed E-state index contributed by atoms with van der Waals surface area (Å²) in [6.45, 7) is 7.82. The molecule has 88 valence electrons. The third-order valence-electron chi connectivity index (χ3n) is 2.89. The van der Waals surface area contributed by atoms with Gasteiger partial charge in [-0.1, -0.05) is 5.21 Å². The lowest BCUT2D eigenvalue weighted by Gasteiger charge is -2.26. The van der Waals surface area contributed by atoms with Gasteiger partial charge in [0.05, 0.1) is 5.69 Å². The van der Waals surface area contributed by atoms with Crippen molar-refractivity contribution < 1.29 is 4.79 Å². The highest BCUT2D eigenvalue weighted by molar-refractivity contribution is 5.93. The Morgan fingerprint density at radius 3 is 2.69 bits per heavy atom. The van der Waals surface area contributed by atoms with Crippen LogP contribution in [0.4, 0.5) is 0 Å². The van der Waals surface area contributed by atoms with Gasteiger partial charge in [-0.05, 0) is 13.8 Å². The van der Waals surface area contributed by atoms with Crippen molar-refractivity contribution in [3.8, 4) is 0 Å². The Kier molecular flexibility index (Phi) is 3.19. The molecule has 0 unspecified atom stereocenters. The van der Waals surface area contributed by atoms with E-state index in [1.807, 2.05) is 18.7 Å². The van der Waals surface area contributed by atoms with Gasteiger partial charge in [0.15, 0.2) is 5.69 Å². The number of aromatic nitrogens is 3. The molecule has 2 heterocycles. The predicted molar refractivity (Wildman–Crippen MR) is 59.2 cm³/mol. The summed E-state index contributed by atoms with van der Waals surface area (Å²) in [6.07, 6.45) is 0. The van der Waals surface area contributed by atoms with Crippen molar-refractivity contribution in [3.05, 3.63) is 11.4 Å². The second kappa shape index (κ2) is 4.61. The molecular weight excluding hydrogens is 206 g/mol. The molecule has 1 aliphatic rings. The summed E-state index contributed by atoms with van der Waals surface area (Å²) in [5.74, 6) is -0.00120. The van der Waals surface area contributed by atoms with Crippen LogP contribution in [-0.2, 0) is 6.54 Å². The maximum atomic E-state index is 12.1. The number of carbonyl (C=O) groups excluding carboxylic acids is 1. The van der Waals surface area contributed by atoms with Crippen LogP contribution in [-0.4, -0.2) is 52.0 Å². The molecule has 0 saturated carbocycles. The van der Waals surface area contributed by atoms with E-state index in [1.54, 1.807) is 4.68 Å². The summed E-state index contributed by atoms with van der Waals surface area (Å²) in [7, 11) is 0. The van der Waals surface area contributed by atoms with Crippen LogP contribution in [0.3, 0.4) is 0 Å². The van der Waals surface area contributed by atoms with Gasteiger partial charge in [-0.3, -0.25) is 4.79 Å². The van der Waals surface area contributed by atoms with Crippen molar-refractivity contribution in [3.63, 3.8) is 0 Å². The fraction of sp³-hybridized carbons (Fsp3) is 0.700. The lowest BCUT2D eigenvalue weighted by Crippen LogP contribution is -2.46. The molecule has 1 N–H and O–H groups in total. The number of carbonyl (C=O) groups is 1. The predicted octanol–water partition coefficient (Wildman–Crippen LogP) is -0.348. The van der Waals surface area contributed by atoms with Crippen molar-refractivity contribution in [2.24, 2.45) is 0 Å². The number of nitrogens with zero attached hydrogens (tertiary/aromatic N) is 4. The van der Waals surface area contributed by atoms with E-state index in [-0.39, 0.29) is 5.91 Å². The van der Waals surface area contributed by atoms with E-state index in [1.165, 1.54) is 0 Å². The molecule has 1 aliphatic heterocycles. The number of nitrogens with one attached hydrogen (secondary N) is 1. The van der Waals surface area contributed by atoms with E-state index in [0.717, 1.165) is 38.4 Å². The molecule has 0 spiro atoms. The second-order valence-corrected chi connectivity index (χ2v) is 3.88. The third kappa shape index (κ3) is 1.92. The van der Waals surface area contributed by atoms with Crippen molar-refractivity contribution in [2.75, 3.05) is 26.2 Å². The Bertz CT molecular complexity index is 381. The fourth-order valence-corrected chi connectivity index (χ4v) is 1.88. The highest BCUT2D eigenvalue weighted by Gasteiger charge is 2.23. The molecule has 0 bridgehead atoms. The fourth-order valence-electron chi connectivity index (χ4n) is 1.88. The Hall–Kier alpha value is -1.43. The Balaban J connectivity index is 2.16. The van der Waals surface area contributed by atoms with Gasteiger partial charge in [0, 0.05) is 32.7 Å². The highest BCUT2D eigenvalue weighted by Crippen LogP contribution is 2.08. The minimum atomic E-state index is -0.00120. The smallest absolute Gasteiger partial charge is 0.276 e. The van der Waals surface area contributed by atoms with Crippen LogP contribution in [0.15, 0.2) is 0 Å². The summed E-state index contributed by atoms with van der Waals surface area (Å²) in [4.78, 5) is 14.0. The van der Waals surface area contributed by atoms with Crippen molar-refractivity contribution in [1.29, 1.82) is 0 Å². The van der Waals surface area contributed by atoms with Crippen molar-refractivity contribution in [2.45, 2.75) is 20.4 Å². The molecule has 0 aliphatic carbocycles. The SMILES string of the molecule is CCn1nnc(C(=O)N2CCNCC2)c1C. The van der Waals surface area contributed by atoms with Gasteiger partial charge in [-0.15, -0.1) is 5.10 Å². The molecular formula is C10H17N5O. The molecule has 1 amide bonds. The lowest BCUT2D eigenvalue weighted by atomic mass is 10.2. The van der Waals surface area contributed by atoms with E-state index in [2.05, 4.69) is 15.6 Å². The van der Waals surface area contributed by atoms with Gasteiger partial charge >= 0.3 is 0 Å². The zero-order valence-corrected chi connectivity index (χ0v) is 9.73. The van der Waals surface area contributed by atoms with E-state index in [0.29, 0.717) is 5.69 Å². The standard InChI is InChI=1S/C10H17N5O/c1-3-15-8(2)9(12-13-15)10(16)14-6-4-11-5-7-14/h11H,3-7H2,1-2H3. The molecule has 1 saturated heterocycles. The first-order valence-corrected chi connectivity index (χ1v) is 5.64. The van der Waals surface area contributed by atoms with Crippen LogP contribution >= 0.6 is 0 Å². The van der Waals surface area contributed by atoms with Crippen LogP contribution in [0.5, 0.6) is 0 Å². The van der Waals surface area contributed by atoms with Gasteiger partial charge in [-0.2, -0.15) is 0 Å². The Morgan fingerprint density at radius 1 is 1.44 bits per heavy atom. The van der Waals surface area contributed by atoms with Crippen molar-refractivity contribution in [1.82, 2.24) is 25.2 Å². The van der Waals surface area contributed by atoms with Crippen LogP contribution in [0, 0.1) is 6.92 Å². The monoisotopic (exact) mass is 223 g/mol. The molecule has 0 atom stereocenters. The van der Waals surface area contributed by atoms with Crippen LogP contribution < -0.4 is 5.32 Å². The summed E-state index contributed by atoms with van der Waals surface area (Å²) >= 11 is 0. The minimum absolute atomic E-state index is 0.00120. The number of amides is 1. The first-order chi connectivity index (χ1) is 7.74. The van der Waals surface area contributed by atoms with Crippen molar-refractivity contribution >= 4 is 5.91 Å². The quantitative estimate of drug-likeness (QED) is 0.744. The molecule has 1 aromatic rings. The van der Waals surface area contributed by atoms with Crippen LogP contribution in [0.2, 0.25) is 0 Å². The summed E-state index contributed by atoms with van der Waals surface area (Å²) in [5, 5.41) is 11.1. The third-order valence-corrected chi connectivity index (χ3v) is 2.89. The Morgan fingerprint density at radius 2 is 2.12 bits per heavy atom. The molecule has 0 radical (unpaired) electrons. The number of piperazine rings is 1. The molecule has 2 rings (SSSR count). The summed E-state index contributed by atoms with van der Waals surface area (Å²) < 4.78 is 1.75. The molecule has 16 heavy (non-hydrogen) atoms. The maximum Gasteiger partial charge on any atom is 0.276 e. The molecule has 1 fully saturated rings. The van der Waals surface area contributed by atoms with Gasteiger partial charge in [0.1, 0.15) is 0 Å². The van der Waals surface area contributed by atoms with E-state index in [9.17, 15) is 4.79 Å². The normalized spacial score (nSPS) is 16.5. The number of hydrogen-bond acceptors (Lipinski definition) is 4. The largest absolute Gasteiger partial charge is 0.335 e.